The fourth-order valence-corrected chi connectivity index (χ4v) is 1.68. The van der Waals surface area contributed by atoms with Gasteiger partial charge in [0.15, 0.2) is 0 Å². The summed E-state index contributed by atoms with van der Waals surface area (Å²) in [5, 5.41) is 0.987. The second kappa shape index (κ2) is 4.23. The highest BCUT2D eigenvalue weighted by atomic mass is 16.5. The smallest absolute Gasteiger partial charge is 0.354 e. The zero-order valence-corrected chi connectivity index (χ0v) is 9.12. The van der Waals surface area contributed by atoms with Crippen molar-refractivity contribution in [2.75, 3.05) is 6.61 Å². The van der Waals surface area contributed by atoms with E-state index >= 15 is 0 Å². The van der Waals surface area contributed by atoms with Gasteiger partial charge in [0.2, 0.25) is 0 Å². The minimum atomic E-state index is -0.325. The molecule has 0 saturated carbocycles. The fraction of sp³-hybridized carbons (Fsp3) is 0.154. The average molecular weight is 215 g/mol. The van der Waals surface area contributed by atoms with E-state index < -0.39 is 0 Å². The topological polar surface area (TPSA) is 42.1 Å². The Labute approximate surface area is 93.7 Å². The number of fused-ring (bicyclic) bond motifs is 1. The van der Waals surface area contributed by atoms with Crippen LogP contribution in [0.25, 0.3) is 17.0 Å². The van der Waals surface area contributed by atoms with Crippen molar-refractivity contribution in [3.63, 3.8) is 0 Å². The van der Waals surface area contributed by atoms with Crippen LogP contribution in [-0.2, 0) is 4.74 Å². The summed E-state index contributed by atoms with van der Waals surface area (Å²) < 4.78 is 4.93. The van der Waals surface area contributed by atoms with Crippen molar-refractivity contribution >= 4 is 22.9 Å². The second-order valence-electron chi connectivity index (χ2n) is 3.42. The highest BCUT2D eigenvalue weighted by Gasteiger charge is 2.10. The molecule has 1 N–H and O–H groups in total. The molecule has 0 aliphatic rings. The van der Waals surface area contributed by atoms with Gasteiger partial charge in [0.1, 0.15) is 5.69 Å². The van der Waals surface area contributed by atoms with Gasteiger partial charge in [-0.2, -0.15) is 0 Å². The molecular formula is C13H13NO2. The predicted molar refractivity (Wildman–Crippen MR) is 64.3 cm³/mol. The summed E-state index contributed by atoms with van der Waals surface area (Å²) in [4.78, 5) is 14.6. The average Bonchev–Trinajstić information content (AvgIpc) is 2.72. The lowest BCUT2D eigenvalue weighted by Crippen LogP contribution is -2.04. The maximum absolute atomic E-state index is 11.5. The predicted octanol–water partition coefficient (Wildman–Crippen LogP) is 2.99. The molecular weight excluding hydrogens is 202 g/mol. The first-order chi connectivity index (χ1) is 7.76. The maximum atomic E-state index is 11.5. The molecule has 2 aromatic rings. The van der Waals surface area contributed by atoms with Crippen LogP contribution in [0.3, 0.4) is 0 Å². The summed E-state index contributed by atoms with van der Waals surface area (Å²) in [5.74, 6) is -0.325. The highest BCUT2D eigenvalue weighted by molar-refractivity contribution is 5.97. The van der Waals surface area contributed by atoms with Crippen molar-refractivity contribution in [1.82, 2.24) is 4.98 Å². The lowest BCUT2D eigenvalue weighted by Gasteiger charge is -1.96. The second-order valence-corrected chi connectivity index (χ2v) is 3.42. The van der Waals surface area contributed by atoms with E-state index in [4.69, 9.17) is 4.74 Å². The van der Waals surface area contributed by atoms with Crippen LogP contribution >= 0.6 is 0 Å². The summed E-state index contributed by atoms with van der Waals surface area (Å²) in [6.45, 7) is 5.91. The third-order valence-electron chi connectivity index (χ3n) is 2.41. The fourth-order valence-electron chi connectivity index (χ4n) is 1.68. The van der Waals surface area contributed by atoms with Crippen LogP contribution in [-0.4, -0.2) is 17.6 Å². The number of H-pyrrole nitrogens is 1. The Morgan fingerprint density at radius 3 is 3.06 bits per heavy atom. The van der Waals surface area contributed by atoms with Gasteiger partial charge in [-0.25, -0.2) is 4.79 Å². The molecule has 16 heavy (non-hydrogen) atoms. The summed E-state index contributed by atoms with van der Waals surface area (Å²) in [7, 11) is 0. The Morgan fingerprint density at radius 1 is 1.56 bits per heavy atom. The first-order valence-corrected chi connectivity index (χ1v) is 5.17. The Kier molecular flexibility index (Phi) is 2.77. The zero-order valence-electron chi connectivity index (χ0n) is 9.12. The van der Waals surface area contributed by atoms with Crippen LogP contribution in [0.15, 0.2) is 30.8 Å². The number of carbonyl (C=O) groups is 1. The number of esters is 1. The van der Waals surface area contributed by atoms with Gasteiger partial charge in [-0.15, -0.1) is 0 Å². The standard InChI is InChI=1S/C13H13NO2/c1-3-9-6-5-7-11-10(9)8-12(14-11)13(15)16-4-2/h3,5-8,14H,1,4H2,2H3. The molecule has 0 bridgehead atoms. The summed E-state index contributed by atoms with van der Waals surface area (Å²) in [5.41, 5.74) is 2.40. The van der Waals surface area contributed by atoms with Crippen molar-refractivity contribution in [3.8, 4) is 0 Å². The van der Waals surface area contributed by atoms with Gasteiger partial charge >= 0.3 is 5.97 Å². The van der Waals surface area contributed by atoms with E-state index in [0.717, 1.165) is 16.5 Å². The van der Waals surface area contributed by atoms with E-state index in [0.29, 0.717) is 12.3 Å². The molecule has 1 heterocycles. The lowest BCUT2D eigenvalue weighted by atomic mass is 10.1. The summed E-state index contributed by atoms with van der Waals surface area (Å²) in [6, 6.07) is 7.60. The lowest BCUT2D eigenvalue weighted by molar-refractivity contribution is 0.0520. The quantitative estimate of drug-likeness (QED) is 0.800. The molecule has 1 aromatic carbocycles. The van der Waals surface area contributed by atoms with E-state index in [1.54, 1.807) is 19.1 Å². The van der Waals surface area contributed by atoms with Gasteiger partial charge in [0.25, 0.3) is 0 Å². The number of hydrogen-bond donors (Lipinski definition) is 1. The van der Waals surface area contributed by atoms with E-state index in [9.17, 15) is 4.79 Å². The monoisotopic (exact) mass is 215 g/mol. The third-order valence-corrected chi connectivity index (χ3v) is 2.41. The number of aromatic amines is 1. The number of aromatic nitrogens is 1. The molecule has 82 valence electrons. The minimum Gasteiger partial charge on any atom is -0.461 e. The number of rotatable bonds is 3. The number of nitrogens with one attached hydrogen (secondary N) is 1. The third kappa shape index (κ3) is 1.72. The molecule has 1 aromatic heterocycles. The van der Waals surface area contributed by atoms with Crippen molar-refractivity contribution in [2.24, 2.45) is 0 Å². The molecule has 3 heteroatoms. The maximum Gasteiger partial charge on any atom is 0.354 e. The molecule has 0 amide bonds. The molecule has 2 rings (SSSR count). The molecule has 3 nitrogen and oxygen atoms in total. The van der Waals surface area contributed by atoms with Gasteiger partial charge in [-0.1, -0.05) is 24.8 Å². The first kappa shape index (κ1) is 10.5. The number of ether oxygens (including phenoxy) is 1. The van der Waals surface area contributed by atoms with Crippen LogP contribution in [0.1, 0.15) is 23.0 Å². The van der Waals surface area contributed by atoms with Crippen LogP contribution in [0.2, 0.25) is 0 Å². The molecule has 0 spiro atoms. The van der Waals surface area contributed by atoms with Crippen LogP contribution < -0.4 is 0 Å². The Balaban J connectivity index is 2.51. The van der Waals surface area contributed by atoms with E-state index in [-0.39, 0.29) is 5.97 Å². The van der Waals surface area contributed by atoms with Crippen LogP contribution in [0.4, 0.5) is 0 Å². The number of carbonyl (C=O) groups excluding carboxylic acids is 1. The molecule has 0 fully saturated rings. The SMILES string of the molecule is C=Cc1cccc2[nH]c(C(=O)OCC)cc12. The van der Waals surface area contributed by atoms with Gasteiger partial charge < -0.3 is 9.72 Å². The zero-order chi connectivity index (χ0) is 11.5. The molecule has 0 atom stereocenters. The van der Waals surface area contributed by atoms with Crippen molar-refractivity contribution in [3.05, 3.63) is 42.1 Å². The molecule has 0 aliphatic heterocycles. The van der Waals surface area contributed by atoms with Crippen LogP contribution in [0.5, 0.6) is 0 Å². The van der Waals surface area contributed by atoms with E-state index in [1.165, 1.54) is 0 Å². The molecule has 0 saturated heterocycles. The molecule has 0 radical (unpaired) electrons. The Bertz CT molecular complexity index is 540. The summed E-state index contributed by atoms with van der Waals surface area (Å²) >= 11 is 0. The van der Waals surface area contributed by atoms with Gasteiger partial charge in [-0.05, 0) is 24.6 Å². The molecule has 0 unspecified atom stereocenters. The van der Waals surface area contributed by atoms with E-state index in [2.05, 4.69) is 11.6 Å². The van der Waals surface area contributed by atoms with Gasteiger partial charge in [0, 0.05) is 10.9 Å². The number of hydrogen-bond acceptors (Lipinski definition) is 2. The van der Waals surface area contributed by atoms with Gasteiger partial charge in [0.05, 0.1) is 6.61 Å². The first-order valence-electron chi connectivity index (χ1n) is 5.17. The van der Waals surface area contributed by atoms with Crippen molar-refractivity contribution in [2.45, 2.75) is 6.92 Å². The van der Waals surface area contributed by atoms with Crippen molar-refractivity contribution in [1.29, 1.82) is 0 Å². The Hall–Kier alpha value is -2.03. The largest absolute Gasteiger partial charge is 0.461 e. The minimum absolute atomic E-state index is 0.325. The van der Waals surface area contributed by atoms with Crippen molar-refractivity contribution < 1.29 is 9.53 Å². The van der Waals surface area contributed by atoms with Gasteiger partial charge in [-0.3, -0.25) is 0 Å². The Morgan fingerprint density at radius 2 is 2.38 bits per heavy atom. The van der Waals surface area contributed by atoms with Crippen LogP contribution in [0, 0.1) is 0 Å². The summed E-state index contributed by atoms with van der Waals surface area (Å²) in [6.07, 6.45) is 1.77. The normalized spacial score (nSPS) is 10.3. The number of benzene rings is 1. The highest BCUT2D eigenvalue weighted by Crippen LogP contribution is 2.21. The van der Waals surface area contributed by atoms with E-state index in [1.807, 2.05) is 18.2 Å². The molecule has 0 aliphatic carbocycles.